The molecule has 0 aliphatic carbocycles. The molecule has 13 nitrogen and oxygen atoms in total. The van der Waals surface area contributed by atoms with Crippen molar-refractivity contribution in [2.75, 3.05) is 39.5 Å². The van der Waals surface area contributed by atoms with Gasteiger partial charge in [0.05, 0.1) is 24.8 Å². The van der Waals surface area contributed by atoms with Crippen molar-refractivity contribution in [2.24, 2.45) is 5.92 Å². The maximum absolute atomic E-state index is 13.6. The molecule has 0 aromatic heterocycles. The van der Waals surface area contributed by atoms with Gasteiger partial charge in [0.1, 0.15) is 30.5 Å². The highest BCUT2D eigenvalue weighted by atomic mass is 16.5. The molecule has 2 aromatic carbocycles. The van der Waals surface area contributed by atoms with Crippen LogP contribution in [0, 0.1) is 5.92 Å². The fraction of sp³-hybridized carbons (Fsp3) is 0.541. The Morgan fingerprint density at radius 2 is 1.62 bits per heavy atom. The highest BCUT2D eigenvalue weighted by Gasteiger charge is 2.37. The molecule has 4 atom stereocenters. The summed E-state index contributed by atoms with van der Waals surface area (Å²) in [5, 5.41) is 11.5. The summed E-state index contributed by atoms with van der Waals surface area (Å²) in [6.07, 6.45) is 1.06. The minimum absolute atomic E-state index is 0.0246. The number of rotatable bonds is 6. The molecule has 0 radical (unpaired) electrons. The standard InChI is InChI=1S/C37H50N6O7/c1-24(2)33-37(48)39-25(3)23-50-31-9-5-4-7-28(31)34(45)40-29(14-15-32(44)43-16-6-8-30(43)36(47)41-33)35(46)38-21-26-10-12-27(13-11-26)22-42-17-19-49-20-18-42/h4-5,7,9-13,24-25,29-30,33H,6,8,14-23H2,1-3H3,(H,38,46)(H,39,48)(H,40,45)(H,41,47)/t25-,29-,30-,33+/m0/s1. The van der Waals surface area contributed by atoms with Gasteiger partial charge in [0.15, 0.2) is 0 Å². The van der Waals surface area contributed by atoms with Crippen molar-refractivity contribution in [1.82, 2.24) is 31.1 Å². The van der Waals surface area contributed by atoms with Gasteiger partial charge < -0.3 is 35.6 Å². The lowest BCUT2D eigenvalue weighted by Crippen LogP contribution is -2.56. The second kappa shape index (κ2) is 17.4. The molecule has 0 saturated carbocycles. The predicted molar refractivity (Wildman–Crippen MR) is 186 cm³/mol. The van der Waals surface area contributed by atoms with E-state index in [0.29, 0.717) is 19.4 Å². The first kappa shape index (κ1) is 36.8. The minimum atomic E-state index is -1.03. The second-order valence-corrected chi connectivity index (χ2v) is 13.7. The SMILES string of the molecule is CC(C)[C@H]1NC(=O)[C@@H]2CCCN2C(=O)CC[C@@H](C(=O)NCc2ccc(CN3CCOCC3)cc2)NC(=O)c2ccccc2OC[C@H](C)NC1=O. The lowest BCUT2D eigenvalue weighted by atomic mass is 10.0. The van der Waals surface area contributed by atoms with E-state index in [0.717, 1.165) is 38.4 Å². The summed E-state index contributed by atoms with van der Waals surface area (Å²) in [6, 6.07) is 11.7. The first-order valence-corrected chi connectivity index (χ1v) is 17.7. The third-order valence-corrected chi connectivity index (χ3v) is 9.40. The number of nitrogens with zero attached hydrogens (tertiary/aromatic N) is 2. The molecule has 50 heavy (non-hydrogen) atoms. The maximum atomic E-state index is 13.6. The number of benzene rings is 2. The first-order valence-electron chi connectivity index (χ1n) is 17.7. The number of hydrogen-bond donors (Lipinski definition) is 4. The van der Waals surface area contributed by atoms with Gasteiger partial charge in [-0.3, -0.25) is 28.9 Å². The summed E-state index contributed by atoms with van der Waals surface area (Å²) < 4.78 is 11.4. The molecule has 4 N–H and O–H groups in total. The molecule has 3 aliphatic rings. The zero-order valence-corrected chi connectivity index (χ0v) is 29.2. The first-order chi connectivity index (χ1) is 24.1. The monoisotopic (exact) mass is 690 g/mol. The van der Waals surface area contributed by atoms with Gasteiger partial charge in [-0.15, -0.1) is 0 Å². The van der Waals surface area contributed by atoms with Gasteiger partial charge in [0.2, 0.25) is 23.6 Å². The van der Waals surface area contributed by atoms with Gasteiger partial charge >= 0.3 is 0 Å². The summed E-state index contributed by atoms with van der Waals surface area (Å²) in [5.41, 5.74) is 2.29. The van der Waals surface area contributed by atoms with Crippen molar-refractivity contribution in [3.63, 3.8) is 0 Å². The summed E-state index contributed by atoms with van der Waals surface area (Å²) >= 11 is 0. The van der Waals surface area contributed by atoms with Crippen molar-refractivity contribution in [3.8, 4) is 5.75 Å². The van der Waals surface area contributed by atoms with Crippen LogP contribution in [-0.2, 0) is 37.0 Å². The van der Waals surface area contributed by atoms with E-state index in [2.05, 4.69) is 26.2 Å². The molecule has 270 valence electrons. The molecule has 2 fully saturated rings. The van der Waals surface area contributed by atoms with Gasteiger partial charge in [-0.2, -0.15) is 0 Å². The van der Waals surface area contributed by atoms with Crippen molar-refractivity contribution in [1.29, 1.82) is 0 Å². The van der Waals surface area contributed by atoms with Crippen LogP contribution in [0.4, 0.5) is 0 Å². The van der Waals surface area contributed by atoms with E-state index < -0.39 is 36.0 Å². The molecule has 3 aliphatic heterocycles. The molecular weight excluding hydrogens is 640 g/mol. The van der Waals surface area contributed by atoms with Crippen molar-refractivity contribution >= 4 is 29.5 Å². The number of hydrogen-bond acceptors (Lipinski definition) is 8. The Bertz CT molecular complexity index is 1510. The van der Waals surface area contributed by atoms with Gasteiger partial charge in [0.25, 0.3) is 5.91 Å². The van der Waals surface area contributed by atoms with Gasteiger partial charge in [-0.1, -0.05) is 50.2 Å². The van der Waals surface area contributed by atoms with Crippen LogP contribution in [0.1, 0.15) is 67.9 Å². The van der Waals surface area contributed by atoms with Crippen molar-refractivity contribution in [2.45, 2.75) is 83.7 Å². The Morgan fingerprint density at radius 3 is 2.36 bits per heavy atom. The molecule has 2 aromatic rings. The zero-order valence-electron chi connectivity index (χ0n) is 29.2. The maximum Gasteiger partial charge on any atom is 0.255 e. The fourth-order valence-corrected chi connectivity index (χ4v) is 6.50. The molecule has 0 unspecified atom stereocenters. The molecule has 0 bridgehead atoms. The van der Waals surface area contributed by atoms with E-state index in [1.165, 1.54) is 10.5 Å². The molecule has 0 spiro atoms. The molecule has 5 rings (SSSR count). The van der Waals surface area contributed by atoms with E-state index in [-0.39, 0.29) is 60.9 Å². The number of nitrogens with one attached hydrogen (secondary N) is 4. The number of amides is 5. The van der Waals surface area contributed by atoms with E-state index in [9.17, 15) is 24.0 Å². The zero-order chi connectivity index (χ0) is 35.6. The number of morpholine rings is 1. The number of carbonyl (C=O) groups excluding carboxylic acids is 5. The lowest BCUT2D eigenvalue weighted by Gasteiger charge is -2.29. The van der Waals surface area contributed by atoms with Crippen molar-refractivity contribution in [3.05, 3.63) is 65.2 Å². The van der Waals surface area contributed by atoms with Gasteiger partial charge in [-0.05, 0) is 55.4 Å². The number of fused-ring (bicyclic) bond motifs is 2. The predicted octanol–water partition coefficient (Wildman–Crippen LogP) is 1.74. The van der Waals surface area contributed by atoms with Crippen LogP contribution in [-0.4, -0.2) is 103 Å². The molecule has 2 saturated heterocycles. The third-order valence-electron chi connectivity index (χ3n) is 9.40. The number of ether oxygens (including phenoxy) is 2. The normalized spacial score (nSPS) is 24.5. The Morgan fingerprint density at radius 1 is 0.900 bits per heavy atom. The van der Waals surface area contributed by atoms with E-state index >= 15 is 0 Å². The largest absolute Gasteiger partial charge is 0.491 e. The minimum Gasteiger partial charge on any atom is -0.491 e. The van der Waals surface area contributed by atoms with Gasteiger partial charge in [0, 0.05) is 39.1 Å². The fourth-order valence-electron chi connectivity index (χ4n) is 6.50. The van der Waals surface area contributed by atoms with Crippen LogP contribution in [0.5, 0.6) is 5.75 Å². The topological polar surface area (TPSA) is 158 Å². The van der Waals surface area contributed by atoms with Gasteiger partial charge in [-0.25, -0.2) is 0 Å². The average molecular weight is 691 g/mol. The third kappa shape index (κ3) is 9.81. The Labute approximate surface area is 293 Å². The van der Waals surface area contributed by atoms with E-state index in [4.69, 9.17) is 9.47 Å². The highest BCUT2D eigenvalue weighted by molar-refractivity contribution is 6.00. The Hall–Kier alpha value is -4.49. The molecule has 3 heterocycles. The lowest BCUT2D eigenvalue weighted by molar-refractivity contribution is -0.140. The summed E-state index contributed by atoms with van der Waals surface area (Å²) in [5.74, 6) is -1.92. The Balaban J connectivity index is 1.32. The number of carbonyl (C=O) groups is 5. The van der Waals surface area contributed by atoms with Crippen LogP contribution in [0.25, 0.3) is 0 Å². The highest BCUT2D eigenvalue weighted by Crippen LogP contribution is 2.22. The van der Waals surface area contributed by atoms with E-state index in [1.807, 2.05) is 38.1 Å². The van der Waals surface area contributed by atoms with Crippen LogP contribution in [0.3, 0.4) is 0 Å². The number of para-hydroxylation sites is 1. The van der Waals surface area contributed by atoms with E-state index in [1.54, 1.807) is 31.2 Å². The van der Waals surface area contributed by atoms with Crippen LogP contribution >= 0.6 is 0 Å². The molecule has 5 amide bonds. The van der Waals surface area contributed by atoms with Crippen LogP contribution in [0.2, 0.25) is 0 Å². The quantitative estimate of drug-likeness (QED) is 0.357. The summed E-state index contributed by atoms with van der Waals surface area (Å²) in [7, 11) is 0. The summed E-state index contributed by atoms with van der Waals surface area (Å²) in [4.78, 5) is 71.3. The molecular formula is C37H50N6O7. The van der Waals surface area contributed by atoms with Crippen molar-refractivity contribution < 1.29 is 33.4 Å². The smallest absolute Gasteiger partial charge is 0.255 e. The average Bonchev–Trinajstić information content (AvgIpc) is 3.61. The second-order valence-electron chi connectivity index (χ2n) is 13.7. The Kier molecular flexibility index (Phi) is 12.8. The van der Waals surface area contributed by atoms with Crippen LogP contribution in [0.15, 0.2) is 48.5 Å². The van der Waals surface area contributed by atoms with Crippen LogP contribution < -0.4 is 26.0 Å². The molecule has 13 heteroatoms. The summed E-state index contributed by atoms with van der Waals surface area (Å²) in [6.45, 7) is 10.2.